The summed E-state index contributed by atoms with van der Waals surface area (Å²) in [4.78, 5) is 19.7. The van der Waals surface area contributed by atoms with Crippen LogP contribution in [0.25, 0.3) is 10.9 Å². The fourth-order valence-electron chi connectivity index (χ4n) is 2.87. The van der Waals surface area contributed by atoms with Gasteiger partial charge in [0, 0.05) is 24.7 Å². The number of aromatic amines is 1. The molecule has 0 aliphatic heterocycles. The molecule has 23 heavy (non-hydrogen) atoms. The molecule has 0 aromatic carbocycles. The molecular formula is C16H16FN5O. The van der Waals surface area contributed by atoms with E-state index < -0.39 is 17.6 Å². The molecule has 3 aromatic rings. The first-order chi connectivity index (χ1) is 11.1. The zero-order valence-electron chi connectivity index (χ0n) is 12.5. The van der Waals surface area contributed by atoms with Crippen LogP contribution >= 0.6 is 0 Å². The number of carbonyl (C=O) groups is 1. The number of rotatable bonds is 5. The third-order valence-corrected chi connectivity index (χ3v) is 3.89. The molecule has 0 radical (unpaired) electrons. The van der Waals surface area contributed by atoms with E-state index in [1.165, 1.54) is 6.20 Å². The molecule has 0 fully saturated rings. The topological polar surface area (TPSA) is 97.5 Å². The Hall–Kier alpha value is -2.83. The predicted molar refractivity (Wildman–Crippen MR) is 82.9 cm³/mol. The van der Waals surface area contributed by atoms with Crippen molar-refractivity contribution in [2.24, 2.45) is 11.7 Å². The zero-order chi connectivity index (χ0) is 16.4. The highest BCUT2D eigenvalue weighted by Crippen LogP contribution is 2.35. The molecule has 3 heterocycles. The van der Waals surface area contributed by atoms with Crippen molar-refractivity contribution in [1.29, 1.82) is 0 Å². The van der Waals surface area contributed by atoms with Crippen LogP contribution in [-0.2, 0) is 4.79 Å². The summed E-state index contributed by atoms with van der Waals surface area (Å²) in [6, 6.07) is 3.61. The third kappa shape index (κ3) is 2.90. The lowest BCUT2D eigenvalue weighted by Gasteiger charge is -2.23. The second-order valence-corrected chi connectivity index (χ2v) is 5.57. The molecule has 6 nitrogen and oxygen atoms in total. The quantitative estimate of drug-likeness (QED) is 0.754. The van der Waals surface area contributed by atoms with Gasteiger partial charge in [0.25, 0.3) is 0 Å². The fraction of sp³-hybridized carbons (Fsp3) is 0.250. The van der Waals surface area contributed by atoms with Crippen molar-refractivity contribution in [3.63, 3.8) is 0 Å². The Morgan fingerprint density at radius 2 is 2.22 bits per heavy atom. The number of pyridine rings is 2. The van der Waals surface area contributed by atoms with Gasteiger partial charge in [0.05, 0.1) is 29.0 Å². The summed E-state index contributed by atoms with van der Waals surface area (Å²) in [6.45, 7) is 1.85. The summed E-state index contributed by atoms with van der Waals surface area (Å²) >= 11 is 0. The molecule has 7 heteroatoms. The number of aromatic nitrogens is 4. The molecule has 0 bridgehead atoms. The van der Waals surface area contributed by atoms with Gasteiger partial charge in [-0.25, -0.2) is 4.39 Å². The highest BCUT2D eigenvalue weighted by Gasteiger charge is 2.28. The second-order valence-electron chi connectivity index (χ2n) is 5.57. The first-order valence-electron chi connectivity index (χ1n) is 7.23. The molecule has 2 unspecified atom stereocenters. The molecule has 0 aliphatic rings. The minimum absolute atomic E-state index is 0.129. The molecule has 3 N–H and O–H groups in total. The van der Waals surface area contributed by atoms with Crippen molar-refractivity contribution in [2.75, 3.05) is 0 Å². The number of amides is 1. The fourth-order valence-corrected chi connectivity index (χ4v) is 2.87. The Morgan fingerprint density at radius 3 is 2.91 bits per heavy atom. The van der Waals surface area contributed by atoms with Crippen LogP contribution in [0.3, 0.4) is 0 Å². The molecule has 0 saturated heterocycles. The molecule has 0 spiro atoms. The van der Waals surface area contributed by atoms with Gasteiger partial charge in [0.15, 0.2) is 5.82 Å². The van der Waals surface area contributed by atoms with Crippen LogP contribution in [0, 0.1) is 11.7 Å². The summed E-state index contributed by atoms with van der Waals surface area (Å²) in [5, 5.41) is 6.90. The van der Waals surface area contributed by atoms with Gasteiger partial charge in [-0.1, -0.05) is 13.0 Å². The maximum atomic E-state index is 14.9. The minimum Gasteiger partial charge on any atom is -0.370 e. The summed E-state index contributed by atoms with van der Waals surface area (Å²) < 4.78 is 14.9. The monoisotopic (exact) mass is 313 g/mol. The largest absolute Gasteiger partial charge is 0.370 e. The second kappa shape index (κ2) is 6.12. The molecule has 118 valence electrons. The first-order valence-corrected chi connectivity index (χ1v) is 7.23. The number of hydrogen-bond acceptors (Lipinski definition) is 4. The van der Waals surface area contributed by atoms with Gasteiger partial charge < -0.3 is 5.73 Å². The van der Waals surface area contributed by atoms with Crippen LogP contribution in [-0.4, -0.2) is 26.1 Å². The summed E-state index contributed by atoms with van der Waals surface area (Å²) in [6.07, 6.45) is 6.39. The summed E-state index contributed by atoms with van der Waals surface area (Å²) in [5.74, 6) is -1.52. The molecule has 3 rings (SSSR count). The average Bonchev–Trinajstić information content (AvgIpc) is 3.00. The van der Waals surface area contributed by atoms with E-state index >= 15 is 0 Å². The number of nitrogens with one attached hydrogen (secondary N) is 1. The van der Waals surface area contributed by atoms with Crippen molar-refractivity contribution < 1.29 is 9.18 Å². The van der Waals surface area contributed by atoms with Crippen molar-refractivity contribution in [2.45, 2.75) is 19.3 Å². The average molecular weight is 313 g/mol. The molecule has 1 amide bonds. The van der Waals surface area contributed by atoms with Crippen LogP contribution in [0.2, 0.25) is 0 Å². The van der Waals surface area contributed by atoms with Crippen molar-refractivity contribution in [3.8, 4) is 0 Å². The van der Waals surface area contributed by atoms with Gasteiger partial charge in [-0.3, -0.25) is 19.9 Å². The molecule has 2 atom stereocenters. The lowest BCUT2D eigenvalue weighted by molar-refractivity contribution is -0.118. The van der Waals surface area contributed by atoms with Gasteiger partial charge in [-0.05, 0) is 17.5 Å². The van der Waals surface area contributed by atoms with Crippen LogP contribution in [0.15, 0.2) is 36.9 Å². The predicted octanol–water partition coefficient (Wildman–Crippen LogP) is 2.14. The van der Waals surface area contributed by atoms with Crippen LogP contribution < -0.4 is 5.73 Å². The number of hydrogen-bond donors (Lipinski definition) is 2. The number of nitrogens with two attached hydrogens (primary N) is 1. The van der Waals surface area contributed by atoms with E-state index in [4.69, 9.17) is 5.73 Å². The Morgan fingerprint density at radius 1 is 1.39 bits per heavy atom. The normalized spacial score (nSPS) is 13.8. The Labute approximate surface area is 131 Å². The standard InChI is InChI=1S/C16H16FN5O/c1-9(5-13(18)23)14(10-3-2-4-19-6-10)16-15(17)11-7-21-22-12(11)8-20-16/h2-4,6-9,14H,5H2,1H3,(H2,18,23)(H,21,22). The van der Waals surface area contributed by atoms with Gasteiger partial charge >= 0.3 is 0 Å². The van der Waals surface area contributed by atoms with Crippen molar-refractivity contribution in [1.82, 2.24) is 20.2 Å². The highest BCUT2D eigenvalue weighted by atomic mass is 19.1. The van der Waals surface area contributed by atoms with Crippen LogP contribution in [0.5, 0.6) is 0 Å². The van der Waals surface area contributed by atoms with Gasteiger partial charge in [-0.15, -0.1) is 0 Å². The highest BCUT2D eigenvalue weighted by molar-refractivity contribution is 5.78. The van der Waals surface area contributed by atoms with E-state index in [0.717, 1.165) is 5.56 Å². The Kier molecular flexibility index (Phi) is 4.01. The molecular weight excluding hydrogens is 297 g/mol. The van der Waals surface area contributed by atoms with Crippen LogP contribution in [0.4, 0.5) is 4.39 Å². The lowest BCUT2D eigenvalue weighted by Crippen LogP contribution is -2.22. The van der Waals surface area contributed by atoms with E-state index in [9.17, 15) is 9.18 Å². The first kappa shape index (κ1) is 15.1. The molecule has 0 aliphatic carbocycles. The van der Waals surface area contributed by atoms with Gasteiger partial charge in [-0.2, -0.15) is 5.10 Å². The van der Waals surface area contributed by atoms with Crippen molar-refractivity contribution in [3.05, 3.63) is 54.0 Å². The number of fused-ring (bicyclic) bond motifs is 1. The molecule has 0 saturated carbocycles. The number of halogens is 1. The van der Waals surface area contributed by atoms with E-state index in [0.29, 0.717) is 10.9 Å². The van der Waals surface area contributed by atoms with Gasteiger partial charge in [0.2, 0.25) is 5.91 Å². The van der Waals surface area contributed by atoms with E-state index in [1.807, 2.05) is 13.0 Å². The lowest BCUT2D eigenvalue weighted by atomic mass is 9.82. The SMILES string of the molecule is CC(CC(N)=O)C(c1cccnc1)c1ncc2[nH]ncc2c1F. The number of H-pyrrole nitrogens is 1. The number of primary amides is 1. The van der Waals surface area contributed by atoms with Crippen molar-refractivity contribution >= 4 is 16.8 Å². The number of carbonyl (C=O) groups excluding carboxylic acids is 1. The Bertz CT molecular complexity index is 833. The van der Waals surface area contributed by atoms with E-state index in [-0.39, 0.29) is 18.0 Å². The van der Waals surface area contributed by atoms with Crippen LogP contribution in [0.1, 0.15) is 30.5 Å². The summed E-state index contributed by atoms with van der Waals surface area (Å²) in [5.41, 5.74) is 6.89. The number of nitrogens with zero attached hydrogens (tertiary/aromatic N) is 3. The van der Waals surface area contributed by atoms with E-state index in [2.05, 4.69) is 20.2 Å². The maximum Gasteiger partial charge on any atom is 0.217 e. The zero-order valence-corrected chi connectivity index (χ0v) is 12.5. The smallest absolute Gasteiger partial charge is 0.217 e. The molecule has 3 aromatic heterocycles. The van der Waals surface area contributed by atoms with E-state index in [1.54, 1.807) is 24.7 Å². The Balaban J connectivity index is 2.13. The third-order valence-electron chi connectivity index (χ3n) is 3.89. The minimum atomic E-state index is -0.443. The van der Waals surface area contributed by atoms with Gasteiger partial charge in [0.1, 0.15) is 0 Å². The summed E-state index contributed by atoms with van der Waals surface area (Å²) in [7, 11) is 0. The maximum absolute atomic E-state index is 14.9.